The zero-order valence-corrected chi connectivity index (χ0v) is 22.1. The van der Waals surface area contributed by atoms with Crippen molar-refractivity contribution in [2.24, 2.45) is 0 Å². The Hall–Kier alpha value is -4.81. The van der Waals surface area contributed by atoms with Crippen LogP contribution >= 0.6 is 0 Å². The molecule has 0 fully saturated rings. The number of nitrogens with zero attached hydrogens (tertiary/aromatic N) is 2. The number of pyridine rings is 1. The van der Waals surface area contributed by atoms with Gasteiger partial charge in [0, 0.05) is 17.1 Å². The van der Waals surface area contributed by atoms with Crippen molar-refractivity contribution in [3.8, 4) is 22.8 Å². The van der Waals surface area contributed by atoms with Gasteiger partial charge in [-0.15, -0.1) is 0 Å². The fourth-order valence-corrected chi connectivity index (χ4v) is 4.68. The van der Waals surface area contributed by atoms with Gasteiger partial charge in [-0.25, -0.2) is 0 Å². The van der Waals surface area contributed by atoms with E-state index in [0.29, 0.717) is 16.8 Å². The van der Waals surface area contributed by atoms with Crippen LogP contribution in [0.25, 0.3) is 22.2 Å². The van der Waals surface area contributed by atoms with Crippen LogP contribution in [-0.4, -0.2) is 50.5 Å². The Morgan fingerprint density at radius 3 is 2.49 bits per heavy atom. The number of benzene rings is 2. The first-order valence-corrected chi connectivity index (χ1v) is 12.5. The third-order valence-electron chi connectivity index (χ3n) is 6.42. The van der Waals surface area contributed by atoms with Gasteiger partial charge < -0.3 is 19.9 Å². The number of ether oxygens (including phenoxy) is 2. The molecule has 1 unspecified atom stereocenters. The van der Waals surface area contributed by atoms with Crippen LogP contribution in [0.5, 0.6) is 11.5 Å². The minimum absolute atomic E-state index is 0.0747. The van der Waals surface area contributed by atoms with Crippen LogP contribution in [0.4, 0.5) is 13.2 Å². The van der Waals surface area contributed by atoms with Crippen molar-refractivity contribution in [3.05, 3.63) is 75.7 Å². The summed E-state index contributed by atoms with van der Waals surface area (Å²) in [6.45, 7) is 4.23. The van der Waals surface area contributed by atoms with Gasteiger partial charge in [-0.3, -0.25) is 24.0 Å². The van der Waals surface area contributed by atoms with E-state index in [2.05, 4.69) is 15.5 Å². The SMILES string of the molecule is CC(C)(C)OC(=O)CNC(=O)c1c(O)c2cc(-c3ccn[nH]3)cc3c2n(c1=O)C(c1ccc(C(F)(F)F)cc1)CO3. The van der Waals surface area contributed by atoms with Crippen LogP contribution in [0, 0.1) is 0 Å². The molecule has 41 heavy (non-hydrogen) atoms. The molecule has 2 aromatic carbocycles. The Labute approximate surface area is 230 Å². The highest BCUT2D eigenvalue weighted by Crippen LogP contribution is 2.41. The monoisotopic (exact) mass is 570 g/mol. The molecule has 1 aliphatic heterocycles. The Morgan fingerprint density at radius 1 is 1.17 bits per heavy atom. The van der Waals surface area contributed by atoms with Gasteiger partial charge in [-0.05, 0) is 56.7 Å². The average molecular weight is 571 g/mol. The van der Waals surface area contributed by atoms with Crippen molar-refractivity contribution in [2.75, 3.05) is 13.2 Å². The van der Waals surface area contributed by atoms with Gasteiger partial charge in [0.25, 0.3) is 11.5 Å². The lowest BCUT2D eigenvalue weighted by Crippen LogP contribution is -2.40. The minimum atomic E-state index is -4.56. The van der Waals surface area contributed by atoms with Crippen molar-refractivity contribution in [1.82, 2.24) is 20.1 Å². The molecule has 3 N–H and O–H groups in total. The van der Waals surface area contributed by atoms with E-state index in [1.165, 1.54) is 29.0 Å². The molecular weight excluding hydrogens is 545 g/mol. The van der Waals surface area contributed by atoms with Crippen LogP contribution in [0.1, 0.15) is 48.3 Å². The molecule has 2 aromatic heterocycles. The van der Waals surface area contributed by atoms with Crippen LogP contribution in [-0.2, 0) is 15.7 Å². The van der Waals surface area contributed by atoms with E-state index >= 15 is 0 Å². The fourth-order valence-electron chi connectivity index (χ4n) is 4.68. The Morgan fingerprint density at radius 2 is 1.88 bits per heavy atom. The molecule has 1 aliphatic rings. The summed E-state index contributed by atoms with van der Waals surface area (Å²) >= 11 is 0. The highest BCUT2D eigenvalue weighted by molar-refractivity contribution is 6.05. The summed E-state index contributed by atoms with van der Waals surface area (Å²) in [6.07, 6.45) is -3.04. The second-order valence-corrected chi connectivity index (χ2v) is 10.5. The third kappa shape index (κ3) is 5.34. The molecule has 1 atom stereocenters. The maximum Gasteiger partial charge on any atom is 0.416 e. The van der Waals surface area contributed by atoms with Crippen molar-refractivity contribution >= 4 is 22.8 Å². The molecule has 3 heterocycles. The molecule has 4 aromatic rings. The standard InChI is InChI=1S/C28H25F3N4O6/c1-27(2,3)41-21(36)12-32-25(38)22-24(37)17-10-15(18-8-9-33-34-18)11-20-23(17)35(26(22)39)19(13-40-20)14-4-6-16(7-5-14)28(29,30)31/h4-11,19,37H,12-13H2,1-3H3,(H,32,38)(H,33,34). The zero-order chi connectivity index (χ0) is 29.7. The number of nitrogens with one attached hydrogen (secondary N) is 2. The van der Waals surface area contributed by atoms with E-state index in [1.807, 2.05) is 0 Å². The number of aromatic hydroxyl groups is 1. The van der Waals surface area contributed by atoms with Crippen LogP contribution < -0.4 is 15.6 Å². The number of carbonyl (C=O) groups excluding carboxylic acids is 2. The number of hydrogen-bond acceptors (Lipinski definition) is 7. The average Bonchev–Trinajstić information content (AvgIpc) is 3.44. The highest BCUT2D eigenvalue weighted by Gasteiger charge is 2.34. The predicted octanol–water partition coefficient (Wildman–Crippen LogP) is 4.17. The Kier molecular flexibility index (Phi) is 6.76. The molecule has 214 valence electrons. The zero-order valence-electron chi connectivity index (χ0n) is 22.1. The van der Waals surface area contributed by atoms with Gasteiger partial charge in [0.1, 0.15) is 35.8 Å². The van der Waals surface area contributed by atoms with Crippen molar-refractivity contribution in [3.63, 3.8) is 0 Å². The van der Waals surface area contributed by atoms with E-state index in [0.717, 1.165) is 12.1 Å². The molecule has 0 saturated carbocycles. The molecule has 0 spiro atoms. The third-order valence-corrected chi connectivity index (χ3v) is 6.42. The maximum absolute atomic E-state index is 13.8. The van der Waals surface area contributed by atoms with Crippen LogP contribution in [0.15, 0.2) is 53.5 Å². The molecule has 0 aliphatic carbocycles. The van der Waals surface area contributed by atoms with E-state index < -0.39 is 58.7 Å². The molecule has 5 rings (SSSR count). The second kappa shape index (κ2) is 9.98. The van der Waals surface area contributed by atoms with E-state index in [-0.39, 0.29) is 23.3 Å². The number of hydrogen-bond donors (Lipinski definition) is 3. The molecule has 1 amide bonds. The van der Waals surface area contributed by atoms with Gasteiger partial charge in [-0.1, -0.05) is 12.1 Å². The molecule has 13 heteroatoms. The van der Waals surface area contributed by atoms with Gasteiger partial charge in [0.2, 0.25) is 0 Å². The number of alkyl halides is 3. The number of H-pyrrole nitrogens is 1. The summed E-state index contributed by atoms with van der Waals surface area (Å²) in [5, 5.41) is 20.3. The lowest BCUT2D eigenvalue weighted by atomic mass is 9.99. The van der Waals surface area contributed by atoms with Crippen LogP contribution in [0.3, 0.4) is 0 Å². The number of esters is 1. The van der Waals surface area contributed by atoms with Gasteiger partial charge in [0.05, 0.1) is 22.8 Å². The molecular formula is C28H25F3N4O6. The summed E-state index contributed by atoms with van der Waals surface area (Å²) in [5.41, 5.74) is -1.69. The number of halogens is 3. The summed E-state index contributed by atoms with van der Waals surface area (Å²) < 4.78 is 51.9. The van der Waals surface area contributed by atoms with Gasteiger partial charge in [-0.2, -0.15) is 18.3 Å². The molecule has 0 bridgehead atoms. The summed E-state index contributed by atoms with van der Waals surface area (Å²) in [4.78, 5) is 39.2. The van der Waals surface area contributed by atoms with Crippen LogP contribution in [0.2, 0.25) is 0 Å². The van der Waals surface area contributed by atoms with Crippen molar-refractivity contribution < 1.29 is 37.3 Å². The lowest BCUT2D eigenvalue weighted by molar-refractivity contribution is -0.153. The predicted molar refractivity (Wildman–Crippen MR) is 141 cm³/mol. The molecule has 10 nitrogen and oxygen atoms in total. The molecule has 0 radical (unpaired) electrons. The first kappa shape index (κ1) is 27.7. The number of aromatic amines is 1. The van der Waals surface area contributed by atoms with Gasteiger partial charge in [0.15, 0.2) is 0 Å². The Balaban J connectivity index is 1.66. The number of carbonyl (C=O) groups is 2. The van der Waals surface area contributed by atoms with E-state index in [9.17, 15) is 32.7 Å². The number of aromatic nitrogens is 3. The summed E-state index contributed by atoms with van der Waals surface area (Å²) in [7, 11) is 0. The van der Waals surface area contributed by atoms with Crippen molar-refractivity contribution in [1.29, 1.82) is 0 Å². The maximum atomic E-state index is 13.8. The summed E-state index contributed by atoms with van der Waals surface area (Å²) in [5.74, 6) is -2.23. The first-order chi connectivity index (χ1) is 19.2. The molecule has 0 saturated heterocycles. The van der Waals surface area contributed by atoms with E-state index in [4.69, 9.17) is 9.47 Å². The smallest absolute Gasteiger partial charge is 0.416 e. The first-order valence-electron chi connectivity index (χ1n) is 12.5. The number of rotatable bonds is 5. The number of amides is 1. The minimum Gasteiger partial charge on any atom is -0.506 e. The van der Waals surface area contributed by atoms with E-state index in [1.54, 1.807) is 32.9 Å². The highest BCUT2D eigenvalue weighted by atomic mass is 19.4. The quantitative estimate of drug-likeness (QED) is 0.307. The summed E-state index contributed by atoms with van der Waals surface area (Å²) in [6, 6.07) is 8.13. The lowest BCUT2D eigenvalue weighted by Gasteiger charge is -2.30. The normalized spacial score (nSPS) is 14.9. The Bertz CT molecular complexity index is 1700. The topological polar surface area (TPSA) is 136 Å². The van der Waals surface area contributed by atoms with Crippen molar-refractivity contribution in [2.45, 2.75) is 38.6 Å². The second-order valence-electron chi connectivity index (χ2n) is 10.5. The fraction of sp³-hybridized carbons (Fsp3) is 0.286. The largest absolute Gasteiger partial charge is 0.506 e. The van der Waals surface area contributed by atoms with Gasteiger partial charge >= 0.3 is 12.1 Å².